The van der Waals surface area contributed by atoms with Crippen LogP contribution in [0, 0.1) is 0 Å². The molecule has 1 amide bonds. The van der Waals surface area contributed by atoms with Gasteiger partial charge in [-0.2, -0.15) is 0 Å². The summed E-state index contributed by atoms with van der Waals surface area (Å²) in [5.74, 6) is 1.87. The second-order valence-electron chi connectivity index (χ2n) is 5.86. The minimum atomic E-state index is 0.153. The Morgan fingerprint density at radius 2 is 1.72 bits per heavy atom. The van der Waals surface area contributed by atoms with Gasteiger partial charge in [-0.3, -0.25) is 9.69 Å². The molecule has 3 rings (SSSR count). The fourth-order valence-corrected chi connectivity index (χ4v) is 3.51. The molecular formula is C19H24N2O3S. The Morgan fingerprint density at radius 1 is 1.04 bits per heavy atom. The Bertz CT molecular complexity index is 650. The lowest BCUT2D eigenvalue weighted by molar-refractivity contribution is 0.0625. The summed E-state index contributed by atoms with van der Waals surface area (Å²) in [7, 11) is 0. The highest BCUT2D eigenvalue weighted by atomic mass is 32.1. The van der Waals surface area contributed by atoms with Gasteiger partial charge in [-0.05, 0) is 42.6 Å². The molecule has 0 bridgehead atoms. The maximum absolute atomic E-state index is 12.3. The van der Waals surface area contributed by atoms with Crippen molar-refractivity contribution in [2.45, 2.75) is 6.92 Å². The van der Waals surface area contributed by atoms with Gasteiger partial charge in [0, 0.05) is 32.7 Å². The smallest absolute Gasteiger partial charge is 0.264 e. The van der Waals surface area contributed by atoms with Crippen LogP contribution >= 0.6 is 11.3 Å². The van der Waals surface area contributed by atoms with Crippen LogP contribution in [-0.2, 0) is 0 Å². The predicted octanol–water partition coefficient (Wildman–Crippen LogP) is 2.98. The summed E-state index contributed by atoms with van der Waals surface area (Å²) in [5.41, 5.74) is 0. The minimum Gasteiger partial charge on any atom is -0.494 e. The number of ether oxygens (including phenoxy) is 2. The zero-order valence-electron chi connectivity index (χ0n) is 14.5. The van der Waals surface area contributed by atoms with Crippen LogP contribution in [0.3, 0.4) is 0 Å². The van der Waals surface area contributed by atoms with Crippen molar-refractivity contribution in [2.75, 3.05) is 45.9 Å². The molecular weight excluding hydrogens is 336 g/mol. The summed E-state index contributed by atoms with van der Waals surface area (Å²) in [4.78, 5) is 17.4. The van der Waals surface area contributed by atoms with Crippen LogP contribution in [0.2, 0.25) is 0 Å². The van der Waals surface area contributed by atoms with Crippen LogP contribution < -0.4 is 9.47 Å². The number of carbonyl (C=O) groups is 1. The molecule has 0 radical (unpaired) electrons. The van der Waals surface area contributed by atoms with Crippen molar-refractivity contribution < 1.29 is 14.3 Å². The highest BCUT2D eigenvalue weighted by Gasteiger charge is 2.22. The summed E-state index contributed by atoms with van der Waals surface area (Å²) in [6.45, 7) is 7.49. The molecule has 1 aliphatic rings. The van der Waals surface area contributed by atoms with E-state index < -0.39 is 0 Å². The SMILES string of the molecule is CCOc1ccc(OCCN2CCN(C(=O)c3cccs3)CC2)cc1. The van der Waals surface area contributed by atoms with Crippen molar-refractivity contribution in [3.8, 4) is 11.5 Å². The molecule has 0 N–H and O–H groups in total. The first-order valence-electron chi connectivity index (χ1n) is 8.67. The van der Waals surface area contributed by atoms with Gasteiger partial charge in [0.25, 0.3) is 5.91 Å². The fourth-order valence-electron chi connectivity index (χ4n) is 2.82. The lowest BCUT2D eigenvalue weighted by Crippen LogP contribution is -2.49. The van der Waals surface area contributed by atoms with E-state index >= 15 is 0 Å². The first kappa shape index (κ1) is 17.8. The van der Waals surface area contributed by atoms with Gasteiger partial charge >= 0.3 is 0 Å². The van der Waals surface area contributed by atoms with Gasteiger partial charge in [0.1, 0.15) is 18.1 Å². The third-order valence-corrected chi connectivity index (χ3v) is 5.06. The van der Waals surface area contributed by atoms with E-state index in [4.69, 9.17) is 9.47 Å². The number of hydrogen-bond acceptors (Lipinski definition) is 5. The predicted molar refractivity (Wildman–Crippen MR) is 99.8 cm³/mol. The third kappa shape index (κ3) is 4.96. The normalized spacial score (nSPS) is 15.2. The van der Waals surface area contributed by atoms with E-state index in [-0.39, 0.29) is 5.91 Å². The van der Waals surface area contributed by atoms with Gasteiger partial charge in [0.05, 0.1) is 11.5 Å². The molecule has 0 unspecified atom stereocenters. The Morgan fingerprint density at radius 3 is 2.32 bits per heavy atom. The van der Waals surface area contributed by atoms with E-state index in [1.54, 1.807) is 0 Å². The molecule has 0 spiro atoms. The molecule has 1 aromatic carbocycles. The standard InChI is InChI=1S/C19H24N2O3S/c1-2-23-16-5-7-17(8-6-16)24-14-13-20-9-11-21(12-10-20)19(22)18-4-3-15-25-18/h3-8,15H,2,9-14H2,1H3. The van der Waals surface area contributed by atoms with Crippen LogP contribution in [0.4, 0.5) is 0 Å². The van der Waals surface area contributed by atoms with Crippen molar-refractivity contribution >= 4 is 17.2 Å². The van der Waals surface area contributed by atoms with Gasteiger partial charge in [0.2, 0.25) is 0 Å². The van der Waals surface area contributed by atoms with Crippen molar-refractivity contribution in [2.24, 2.45) is 0 Å². The number of thiophene rings is 1. The van der Waals surface area contributed by atoms with Crippen molar-refractivity contribution in [3.63, 3.8) is 0 Å². The van der Waals surface area contributed by atoms with Crippen LogP contribution in [0.25, 0.3) is 0 Å². The molecule has 134 valence electrons. The Balaban J connectivity index is 1.37. The molecule has 25 heavy (non-hydrogen) atoms. The average Bonchev–Trinajstić information content (AvgIpc) is 3.18. The van der Waals surface area contributed by atoms with Crippen molar-refractivity contribution in [1.82, 2.24) is 9.80 Å². The monoisotopic (exact) mass is 360 g/mol. The van der Waals surface area contributed by atoms with Crippen molar-refractivity contribution in [3.05, 3.63) is 46.7 Å². The molecule has 1 aromatic heterocycles. The molecule has 2 heterocycles. The summed E-state index contributed by atoms with van der Waals surface area (Å²) in [6.07, 6.45) is 0. The minimum absolute atomic E-state index is 0.153. The van der Waals surface area contributed by atoms with E-state index in [1.165, 1.54) is 11.3 Å². The number of piperazine rings is 1. The fraction of sp³-hybridized carbons (Fsp3) is 0.421. The van der Waals surface area contributed by atoms with E-state index in [0.717, 1.165) is 49.1 Å². The molecule has 5 nitrogen and oxygen atoms in total. The zero-order chi connectivity index (χ0) is 17.5. The van der Waals surface area contributed by atoms with Gasteiger partial charge in [-0.1, -0.05) is 6.07 Å². The third-order valence-electron chi connectivity index (χ3n) is 4.20. The topological polar surface area (TPSA) is 42.0 Å². The van der Waals surface area contributed by atoms with Gasteiger partial charge < -0.3 is 14.4 Å². The Labute approximate surface area is 152 Å². The van der Waals surface area contributed by atoms with E-state index in [0.29, 0.717) is 13.2 Å². The molecule has 1 aliphatic heterocycles. The van der Waals surface area contributed by atoms with Crippen LogP contribution in [0.15, 0.2) is 41.8 Å². The Hall–Kier alpha value is -2.05. The number of amides is 1. The lowest BCUT2D eigenvalue weighted by Gasteiger charge is -2.34. The van der Waals surface area contributed by atoms with E-state index in [2.05, 4.69) is 4.90 Å². The number of benzene rings is 1. The maximum atomic E-state index is 12.3. The summed E-state index contributed by atoms with van der Waals surface area (Å²) < 4.78 is 11.2. The first-order valence-corrected chi connectivity index (χ1v) is 9.55. The maximum Gasteiger partial charge on any atom is 0.264 e. The molecule has 6 heteroatoms. The highest BCUT2D eigenvalue weighted by Crippen LogP contribution is 2.18. The number of rotatable bonds is 7. The molecule has 0 atom stereocenters. The van der Waals surface area contributed by atoms with Gasteiger partial charge in [-0.25, -0.2) is 0 Å². The van der Waals surface area contributed by atoms with Gasteiger partial charge in [-0.15, -0.1) is 11.3 Å². The summed E-state index contributed by atoms with van der Waals surface area (Å²) >= 11 is 1.51. The average molecular weight is 360 g/mol. The highest BCUT2D eigenvalue weighted by molar-refractivity contribution is 7.12. The van der Waals surface area contributed by atoms with Crippen LogP contribution in [0.5, 0.6) is 11.5 Å². The molecule has 0 saturated carbocycles. The number of hydrogen-bond donors (Lipinski definition) is 0. The second kappa shape index (κ2) is 8.87. The van der Waals surface area contributed by atoms with Crippen molar-refractivity contribution in [1.29, 1.82) is 0 Å². The lowest BCUT2D eigenvalue weighted by atomic mass is 10.3. The summed E-state index contributed by atoms with van der Waals surface area (Å²) in [5, 5.41) is 1.95. The van der Waals surface area contributed by atoms with Gasteiger partial charge in [0.15, 0.2) is 0 Å². The molecule has 1 fully saturated rings. The molecule has 2 aromatic rings. The zero-order valence-corrected chi connectivity index (χ0v) is 15.3. The van der Waals surface area contributed by atoms with Crippen LogP contribution in [0.1, 0.15) is 16.6 Å². The van der Waals surface area contributed by atoms with E-state index in [9.17, 15) is 4.79 Å². The Kier molecular flexibility index (Phi) is 6.30. The summed E-state index contributed by atoms with van der Waals surface area (Å²) in [6, 6.07) is 11.5. The second-order valence-corrected chi connectivity index (χ2v) is 6.81. The quantitative estimate of drug-likeness (QED) is 0.761. The van der Waals surface area contributed by atoms with E-state index in [1.807, 2.05) is 53.6 Å². The largest absolute Gasteiger partial charge is 0.494 e. The number of nitrogens with zero attached hydrogens (tertiary/aromatic N) is 2. The molecule has 0 aliphatic carbocycles. The molecule has 1 saturated heterocycles. The first-order chi connectivity index (χ1) is 12.3. The number of carbonyl (C=O) groups excluding carboxylic acids is 1. The van der Waals surface area contributed by atoms with Crippen LogP contribution in [-0.4, -0.2) is 61.6 Å².